The molecule has 0 radical (unpaired) electrons. The molecule has 5 heteroatoms. The lowest BCUT2D eigenvalue weighted by molar-refractivity contribution is -0.125. The number of nitrogens with two attached hydrogens (primary N) is 1. The zero-order valence-corrected chi connectivity index (χ0v) is 16.1. The minimum Gasteiger partial charge on any atom is -0.368 e. The van der Waals surface area contributed by atoms with Crippen LogP contribution in [0.3, 0.4) is 0 Å². The molecule has 5 nitrogen and oxygen atoms in total. The van der Waals surface area contributed by atoms with Gasteiger partial charge in [0.05, 0.1) is 0 Å². The van der Waals surface area contributed by atoms with Crippen LogP contribution in [0.5, 0.6) is 0 Å². The summed E-state index contributed by atoms with van der Waals surface area (Å²) in [5.74, 6) is -0.369. The van der Waals surface area contributed by atoms with Crippen molar-refractivity contribution in [1.29, 1.82) is 0 Å². The van der Waals surface area contributed by atoms with Gasteiger partial charge in [0.25, 0.3) is 0 Å². The number of carbonyl (C=O) groups excluding carboxylic acids is 1. The molecule has 0 saturated heterocycles. The molecule has 28 heavy (non-hydrogen) atoms. The number of carbonyl (C=O) groups is 1. The van der Waals surface area contributed by atoms with Crippen molar-refractivity contribution in [2.24, 2.45) is 5.73 Å². The minimum atomic E-state index is -0.939. The Morgan fingerprint density at radius 1 is 0.964 bits per heavy atom. The smallest absolute Gasteiger partial charge is 0.242 e. The van der Waals surface area contributed by atoms with Crippen LogP contribution in [0.15, 0.2) is 73.3 Å². The molecule has 0 saturated carbocycles. The summed E-state index contributed by atoms with van der Waals surface area (Å²) in [6, 6.07) is 15.9. The zero-order chi connectivity index (χ0) is 19.8. The molecule has 1 unspecified atom stereocenters. The lowest BCUT2D eigenvalue weighted by Crippen LogP contribution is -2.53. The summed E-state index contributed by atoms with van der Waals surface area (Å²) in [7, 11) is 0. The van der Waals surface area contributed by atoms with Crippen molar-refractivity contribution in [2.75, 3.05) is 6.54 Å². The summed E-state index contributed by atoms with van der Waals surface area (Å²) in [6.07, 6.45) is 9.20. The van der Waals surface area contributed by atoms with Crippen molar-refractivity contribution < 1.29 is 4.79 Å². The first-order chi connectivity index (χ1) is 13.6. The Hall–Kier alpha value is -3.05. The van der Waals surface area contributed by atoms with Gasteiger partial charge >= 0.3 is 0 Å². The first kappa shape index (κ1) is 19.7. The number of amides is 1. The van der Waals surface area contributed by atoms with Crippen LogP contribution >= 0.6 is 0 Å². The highest BCUT2D eigenvalue weighted by atomic mass is 16.1. The Morgan fingerprint density at radius 2 is 1.57 bits per heavy atom. The second-order valence-electron chi connectivity index (χ2n) is 7.03. The van der Waals surface area contributed by atoms with E-state index in [0.717, 1.165) is 28.7 Å². The summed E-state index contributed by atoms with van der Waals surface area (Å²) >= 11 is 0. The molecule has 144 valence electrons. The predicted octanol–water partition coefficient (Wildman–Crippen LogP) is 2.93. The molecular weight excluding hydrogens is 348 g/mol. The van der Waals surface area contributed by atoms with E-state index < -0.39 is 5.54 Å². The van der Waals surface area contributed by atoms with E-state index in [-0.39, 0.29) is 5.91 Å². The molecule has 0 fully saturated rings. The van der Waals surface area contributed by atoms with Gasteiger partial charge in [-0.15, -0.1) is 0 Å². The van der Waals surface area contributed by atoms with E-state index in [2.05, 4.69) is 15.3 Å². The van der Waals surface area contributed by atoms with Gasteiger partial charge in [0, 0.05) is 31.3 Å². The van der Waals surface area contributed by atoms with Crippen molar-refractivity contribution in [1.82, 2.24) is 15.3 Å². The highest BCUT2D eigenvalue weighted by Gasteiger charge is 2.37. The summed E-state index contributed by atoms with van der Waals surface area (Å²) in [5.41, 5.74) is 9.24. The number of hydrogen-bond donors (Lipinski definition) is 2. The first-order valence-electron chi connectivity index (χ1n) is 9.50. The van der Waals surface area contributed by atoms with E-state index in [0.29, 0.717) is 19.4 Å². The number of nitrogens with one attached hydrogen (secondary N) is 1. The monoisotopic (exact) mass is 374 g/mol. The Balaban J connectivity index is 1.83. The van der Waals surface area contributed by atoms with Gasteiger partial charge < -0.3 is 5.73 Å². The van der Waals surface area contributed by atoms with E-state index >= 15 is 0 Å². The molecule has 2 heterocycles. The van der Waals surface area contributed by atoms with Gasteiger partial charge in [-0.2, -0.15) is 0 Å². The molecule has 1 amide bonds. The highest BCUT2D eigenvalue weighted by Crippen LogP contribution is 2.27. The predicted molar refractivity (Wildman–Crippen MR) is 111 cm³/mol. The van der Waals surface area contributed by atoms with Gasteiger partial charge in [-0.1, -0.05) is 42.0 Å². The summed E-state index contributed by atoms with van der Waals surface area (Å²) in [4.78, 5) is 21.0. The average molecular weight is 374 g/mol. The van der Waals surface area contributed by atoms with Gasteiger partial charge in [-0.05, 0) is 55.0 Å². The van der Waals surface area contributed by atoms with Crippen molar-refractivity contribution >= 4 is 5.91 Å². The fourth-order valence-electron chi connectivity index (χ4n) is 3.37. The number of aryl methyl sites for hydroxylation is 2. The Kier molecular flexibility index (Phi) is 6.50. The van der Waals surface area contributed by atoms with Crippen LogP contribution < -0.4 is 11.1 Å². The molecule has 0 aliphatic rings. The molecule has 0 spiro atoms. The summed E-state index contributed by atoms with van der Waals surface area (Å²) in [5, 5.41) is 3.46. The normalized spacial score (nSPS) is 13.0. The number of hydrogen-bond acceptors (Lipinski definition) is 4. The molecule has 1 atom stereocenters. The third-order valence-electron chi connectivity index (χ3n) is 5.04. The molecule has 1 aromatic carbocycles. The summed E-state index contributed by atoms with van der Waals surface area (Å²) < 4.78 is 0. The Bertz CT molecular complexity index is 881. The van der Waals surface area contributed by atoms with E-state index in [1.165, 1.54) is 0 Å². The number of benzene rings is 1. The largest absolute Gasteiger partial charge is 0.368 e. The van der Waals surface area contributed by atoms with Crippen LogP contribution in [-0.2, 0) is 23.2 Å². The van der Waals surface area contributed by atoms with Crippen LogP contribution in [-0.4, -0.2) is 22.4 Å². The third-order valence-corrected chi connectivity index (χ3v) is 5.04. The second kappa shape index (κ2) is 9.24. The molecule has 2 aromatic heterocycles. The topological polar surface area (TPSA) is 80.9 Å². The van der Waals surface area contributed by atoms with Gasteiger partial charge in [-0.25, -0.2) is 0 Å². The van der Waals surface area contributed by atoms with E-state index in [1.54, 1.807) is 12.4 Å². The maximum Gasteiger partial charge on any atom is 0.242 e. The van der Waals surface area contributed by atoms with Crippen molar-refractivity contribution in [3.8, 4) is 0 Å². The molecule has 3 aromatic rings. The molecule has 0 aliphatic carbocycles. The SMILES string of the molecule is Cc1ccc(C(CCc2cccnc2)(NCCc2cccnc2)C(N)=O)cc1. The molecule has 0 bridgehead atoms. The van der Waals surface area contributed by atoms with Crippen molar-refractivity contribution in [3.63, 3.8) is 0 Å². The van der Waals surface area contributed by atoms with E-state index in [9.17, 15) is 4.79 Å². The maximum atomic E-state index is 12.7. The van der Waals surface area contributed by atoms with Crippen LogP contribution in [0.2, 0.25) is 0 Å². The van der Waals surface area contributed by atoms with Gasteiger partial charge in [0.2, 0.25) is 5.91 Å². The standard InChI is InChI=1S/C23H26N4O/c1-18-6-8-21(9-7-18)23(22(24)28,12-10-19-4-2-13-25-16-19)27-15-11-20-5-3-14-26-17-20/h2-9,13-14,16-17,27H,10-12,15H2,1H3,(H2,24,28). The molecular formula is C23H26N4O. The number of rotatable bonds is 9. The number of aromatic nitrogens is 2. The fraction of sp³-hybridized carbons (Fsp3) is 0.261. The quantitative estimate of drug-likeness (QED) is 0.603. The highest BCUT2D eigenvalue weighted by molar-refractivity contribution is 5.86. The van der Waals surface area contributed by atoms with E-state index in [4.69, 9.17) is 5.73 Å². The van der Waals surface area contributed by atoms with Crippen LogP contribution in [0.4, 0.5) is 0 Å². The molecule has 3 rings (SSSR count). The van der Waals surface area contributed by atoms with Crippen LogP contribution in [0.1, 0.15) is 28.7 Å². The van der Waals surface area contributed by atoms with Gasteiger partial charge in [0.1, 0.15) is 5.54 Å². The lowest BCUT2D eigenvalue weighted by Gasteiger charge is -2.33. The zero-order valence-electron chi connectivity index (χ0n) is 16.1. The number of primary amides is 1. The first-order valence-corrected chi connectivity index (χ1v) is 9.50. The lowest BCUT2D eigenvalue weighted by atomic mass is 9.83. The minimum absolute atomic E-state index is 0.369. The Labute approximate surface area is 166 Å². The van der Waals surface area contributed by atoms with Gasteiger partial charge in [-0.3, -0.25) is 20.1 Å². The van der Waals surface area contributed by atoms with Crippen LogP contribution in [0, 0.1) is 6.92 Å². The number of pyridine rings is 2. The summed E-state index contributed by atoms with van der Waals surface area (Å²) in [6.45, 7) is 2.65. The third kappa shape index (κ3) is 4.81. The van der Waals surface area contributed by atoms with Crippen LogP contribution in [0.25, 0.3) is 0 Å². The van der Waals surface area contributed by atoms with Crippen molar-refractivity contribution in [2.45, 2.75) is 31.7 Å². The number of nitrogens with zero attached hydrogens (tertiary/aromatic N) is 2. The van der Waals surface area contributed by atoms with Crippen molar-refractivity contribution in [3.05, 3.63) is 95.6 Å². The maximum absolute atomic E-state index is 12.7. The van der Waals surface area contributed by atoms with Gasteiger partial charge in [0.15, 0.2) is 0 Å². The molecule has 0 aliphatic heterocycles. The van der Waals surface area contributed by atoms with E-state index in [1.807, 2.05) is 67.8 Å². The second-order valence-corrected chi connectivity index (χ2v) is 7.03. The average Bonchev–Trinajstić information content (AvgIpc) is 2.72. The molecule has 3 N–H and O–H groups in total. The fourth-order valence-corrected chi connectivity index (χ4v) is 3.37. The Morgan fingerprint density at radius 3 is 2.11 bits per heavy atom.